The first-order valence-corrected chi connectivity index (χ1v) is 30.3. The summed E-state index contributed by atoms with van der Waals surface area (Å²) in [6.07, 6.45) is 68.1. The van der Waals surface area contributed by atoms with Gasteiger partial charge in [-0.05, 0) is 70.6 Å². The normalized spacial score (nSPS) is 19.7. The van der Waals surface area contributed by atoms with Crippen molar-refractivity contribution in [3.63, 3.8) is 0 Å². The van der Waals surface area contributed by atoms with Gasteiger partial charge < -0.3 is 40.3 Å². The zero-order valence-corrected chi connectivity index (χ0v) is 46.9. The molecule has 9 nitrogen and oxygen atoms in total. The molecule has 1 aliphatic heterocycles. The highest BCUT2D eigenvalue weighted by Gasteiger charge is 2.44. The largest absolute Gasteiger partial charge is 0.394 e. The van der Waals surface area contributed by atoms with Crippen LogP contribution in [-0.2, 0) is 14.3 Å². The van der Waals surface area contributed by atoms with Crippen molar-refractivity contribution in [3.05, 3.63) is 85.1 Å². The lowest BCUT2D eigenvalue weighted by Gasteiger charge is -2.40. The van der Waals surface area contributed by atoms with E-state index in [0.29, 0.717) is 6.42 Å². The Labute approximate surface area is 448 Å². The zero-order valence-electron chi connectivity index (χ0n) is 46.9. The number of aliphatic hydroxyl groups is 5. The minimum absolute atomic E-state index is 0.210. The van der Waals surface area contributed by atoms with Crippen LogP contribution >= 0.6 is 0 Å². The van der Waals surface area contributed by atoms with E-state index in [-0.39, 0.29) is 18.9 Å². The Bertz CT molecular complexity index is 1420. The number of carbonyl (C=O) groups excluding carboxylic acids is 1. The topological polar surface area (TPSA) is 149 Å². The Balaban J connectivity index is 2.23. The van der Waals surface area contributed by atoms with Crippen LogP contribution < -0.4 is 5.32 Å². The summed E-state index contributed by atoms with van der Waals surface area (Å²) in [4.78, 5) is 13.0. The van der Waals surface area contributed by atoms with Crippen molar-refractivity contribution in [3.8, 4) is 0 Å². The lowest BCUT2D eigenvalue weighted by molar-refractivity contribution is -0.302. The molecule has 73 heavy (non-hydrogen) atoms. The molecule has 1 saturated heterocycles. The summed E-state index contributed by atoms with van der Waals surface area (Å²) in [7, 11) is 0. The number of rotatable bonds is 51. The van der Waals surface area contributed by atoms with Crippen LogP contribution in [0.3, 0.4) is 0 Å². The molecular weight excluding hydrogens is 911 g/mol. The molecule has 1 rings (SSSR count). The van der Waals surface area contributed by atoms with Crippen molar-refractivity contribution in [1.29, 1.82) is 0 Å². The molecule has 7 atom stereocenters. The van der Waals surface area contributed by atoms with Gasteiger partial charge in [0.15, 0.2) is 6.29 Å². The van der Waals surface area contributed by atoms with Crippen LogP contribution in [0.5, 0.6) is 0 Å². The van der Waals surface area contributed by atoms with Crippen LogP contribution in [0, 0.1) is 0 Å². The van der Waals surface area contributed by atoms with Gasteiger partial charge in [0.25, 0.3) is 0 Å². The zero-order chi connectivity index (χ0) is 52.9. The van der Waals surface area contributed by atoms with E-state index in [0.717, 1.165) is 70.6 Å². The maximum atomic E-state index is 13.0. The van der Waals surface area contributed by atoms with Crippen LogP contribution in [0.25, 0.3) is 0 Å². The highest BCUT2D eigenvalue weighted by molar-refractivity contribution is 5.76. The predicted molar refractivity (Wildman–Crippen MR) is 308 cm³/mol. The van der Waals surface area contributed by atoms with Crippen LogP contribution in [0.4, 0.5) is 0 Å². The van der Waals surface area contributed by atoms with E-state index in [4.69, 9.17) is 9.47 Å². The Morgan fingerprint density at radius 1 is 0.479 bits per heavy atom. The number of ether oxygens (including phenoxy) is 2. The van der Waals surface area contributed by atoms with Gasteiger partial charge in [-0.3, -0.25) is 4.79 Å². The third-order valence-corrected chi connectivity index (χ3v) is 14.0. The highest BCUT2D eigenvalue weighted by atomic mass is 16.7. The quantitative estimate of drug-likeness (QED) is 0.0261. The second-order valence-corrected chi connectivity index (χ2v) is 20.8. The van der Waals surface area contributed by atoms with Crippen molar-refractivity contribution in [1.82, 2.24) is 5.32 Å². The van der Waals surface area contributed by atoms with Crippen molar-refractivity contribution >= 4 is 5.91 Å². The van der Waals surface area contributed by atoms with Crippen molar-refractivity contribution in [2.45, 2.75) is 301 Å². The molecule has 1 fully saturated rings. The molecule has 7 unspecified atom stereocenters. The first-order chi connectivity index (χ1) is 35.8. The number of unbranched alkanes of at least 4 members (excludes halogenated alkanes) is 29. The number of hydrogen-bond acceptors (Lipinski definition) is 8. The summed E-state index contributed by atoms with van der Waals surface area (Å²) in [6.45, 7) is 3.66. The number of amides is 1. The molecule has 0 bridgehead atoms. The maximum Gasteiger partial charge on any atom is 0.220 e. The lowest BCUT2D eigenvalue weighted by atomic mass is 9.99. The van der Waals surface area contributed by atoms with Crippen molar-refractivity contribution in [2.75, 3.05) is 13.2 Å². The van der Waals surface area contributed by atoms with E-state index in [9.17, 15) is 30.3 Å². The van der Waals surface area contributed by atoms with E-state index in [1.54, 1.807) is 6.08 Å². The fourth-order valence-corrected chi connectivity index (χ4v) is 9.22. The number of hydrogen-bond donors (Lipinski definition) is 6. The standard InChI is InChI=1S/C64H113NO8/c1-3-5-7-9-11-13-15-17-19-21-23-25-26-27-28-29-30-31-32-34-35-37-39-41-43-45-47-49-51-53-58(67)57(56-72-64-63(71)62(70)61(69)59(55-66)73-64)65-60(68)54-52-50-48-46-44-42-40-38-36-33-24-22-20-18-16-14-12-10-8-6-4-2/h6,8,12,14,18,20,24,33,38,40,44,46,51,53,57-59,61-64,66-67,69-71H,3-5,7,9-11,13,15-17,19,21-23,25-32,34-37,39,41-43,45,47-50,52,54-56H2,1-2H3,(H,65,68)/b8-6-,14-12-,20-18-,33-24-,40-38-,46-44-,53-51+. The van der Waals surface area contributed by atoms with Crippen molar-refractivity contribution < 1.29 is 39.8 Å². The summed E-state index contributed by atoms with van der Waals surface area (Å²) >= 11 is 0. The molecule has 422 valence electrons. The molecule has 0 radical (unpaired) electrons. The summed E-state index contributed by atoms with van der Waals surface area (Å²) in [5, 5.41) is 54.5. The Morgan fingerprint density at radius 2 is 0.849 bits per heavy atom. The second kappa shape index (κ2) is 52.8. The molecule has 6 N–H and O–H groups in total. The minimum Gasteiger partial charge on any atom is -0.394 e. The van der Waals surface area contributed by atoms with Gasteiger partial charge in [0.1, 0.15) is 24.4 Å². The van der Waals surface area contributed by atoms with Gasteiger partial charge in [0.05, 0.1) is 25.4 Å². The minimum atomic E-state index is -1.58. The second-order valence-electron chi connectivity index (χ2n) is 20.8. The van der Waals surface area contributed by atoms with Gasteiger partial charge in [-0.2, -0.15) is 0 Å². The maximum absolute atomic E-state index is 13.0. The summed E-state index contributed by atoms with van der Waals surface area (Å²) in [5.41, 5.74) is 0. The van der Waals surface area contributed by atoms with E-state index in [1.165, 1.54) is 161 Å². The van der Waals surface area contributed by atoms with Gasteiger partial charge in [0, 0.05) is 6.42 Å². The van der Waals surface area contributed by atoms with Crippen LogP contribution in [-0.4, -0.2) is 87.5 Å². The molecule has 1 aliphatic rings. The molecule has 0 aliphatic carbocycles. The number of nitrogens with one attached hydrogen (secondary N) is 1. The van der Waals surface area contributed by atoms with E-state index >= 15 is 0 Å². The summed E-state index contributed by atoms with van der Waals surface area (Å²) < 4.78 is 11.3. The molecule has 0 aromatic carbocycles. The van der Waals surface area contributed by atoms with E-state index < -0.39 is 49.5 Å². The molecule has 1 amide bonds. The lowest BCUT2D eigenvalue weighted by Crippen LogP contribution is -2.60. The number of allylic oxidation sites excluding steroid dienone is 13. The molecule has 1 heterocycles. The fraction of sp³-hybridized carbons (Fsp3) is 0.766. The number of carbonyl (C=O) groups is 1. The van der Waals surface area contributed by atoms with Gasteiger partial charge >= 0.3 is 0 Å². The Morgan fingerprint density at radius 3 is 1.26 bits per heavy atom. The van der Waals surface area contributed by atoms with Gasteiger partial charge in [0.2, 0.25) is 5.91 Å². The van der Waals surface area contributed by atoms with Crippen LogP contribution in [0.2, 0.25) is 0 Å². The monoisotopic (exact) mass is 1020 g/mol. The first kappa shape index (κ1) is 68.4. The smallest absolute Gasteiger partial charge is 0.220 e. The molecule has 0 spiro atoms. The molecular formula is C64H113NO8. The van der Waals surface area contributed by atoms with E-state index in [2.05, 4.69) is 92.1 Å². The van der Waals surface area contributed by atoms with Crippen LogP contribution in [0.15, 0.2) is 85.1 Å². The van der Waals surface area contributed by atoms with Crippen LogP contribution in [0.1, 0.15) is 258 Å². The summed E-state index contributed by atoms with van der Waals surface area (Å²) in [5.74, 6) is -0.219. The SMILES string of the molecule is CC/C=C\C/C=C\C/C=C\C/C=C\C/C=C\C/C=C\CCCCC(=O)NC(COC1OC(CO)C(O)C(O)C1O)C(O)/C=C/CCCCCCCCCCCCCCCCCCCCCCCCCCCCC. The fourth-order valence-electron chi connectivity index (χ4n) is 9.22. The Kier molecular flexibility index (Phi) is 49.5. The predicted octanol–water partition coefficient (Wildman–Crippen LogP) is 15.4. The Hall–Kier alpha value is -2.63. The van der Waals surface area contributed by atoms with Gasteiger partial charge in [-0.15, -0.1) is 0 Å². The molecule has 0 aromatic rings. The first-order valence-electron chi connectivity index (χ1n) is 30.3. The van der Waals surface area contributed by atoms with Gasteiger partial charge in [-0.1, -0.05) is 266 Å². The van der Waals surface area contributed by atoms with E-state index in [1.807, 2.05) is 6.08 Å². The third kappa shape index (κ3) is 42.2. The number of aliphatic hydroxyl groups excluding tert-OH is 5. The molecule has 0 saturated carbocycles. The average Bonchev–Trinajstić information content (AvgIpc) is 3.39. The molecule has 0 aromatic heterocycles. The van der Waals surface area contributed by atoms with Gasteiger partial charge in [-0.25, -0.2) is 0 Å². The average molecular weight is 1020 g/mol. The highest BCUT2D eigenvalue weighted by Crippen LogP contribution is 2.23. The summed E-state index contributed by atoms with van der Waals surface area (Å²) in [6, 6.07) is -0.835. The third-order valence-electron chi connectivity index (χ3n) is 14.0. The molecule has 9 heteroatoms. The van der Waals surface area contributed by atoms with Crippen molar-refractivity contribution in [2.24, 2.45) is 0 Å².